The van der Waals surface area contributed by atoms with Gasteiger partial charge < -0.3 is 10.1 Å². The second-order valence-electron chi connectivity index (χ2n) is 2.42. The second kappa shape index (κ2) is 3.39. The molecule has 0 spiro atoms. The van der Waals surface area contributed by atoms with Crippen molar-refractivity contribution in [2.24, 2.45) is 0 Å². The zero-order valence-electron chi connectivity index (χ0n) is 6.69. The summed E-state index contributed by atoms with van der Waals surface area (Å²) in [5.41, 5.74) is -0.432. The molecule has 0 radical (unpaired) electrons. The van der Waals surface area contributed by atoms with Gasteiger partial charge in [0.15, 0.2) is 10.8 Å². The Bertz CT molecular complexity index is 522. The molecule has 5 nitrogen and oxygen atoms in total. The molecule has 0 unspecified atom stereocenters. The smallest absolute Gasteiger partial charge is 0.255 e. The first-order chi connectivity index (χ1) is 6.65. The number of hydrogen-bond acceptors (Lipinski definition) is 5. The van der Waals surface area contributed by atoms with Crippen molar-refractivity contribution in [3.63, 3.8) is 0 Å². The van der Waals surface area contributed by atoms with E-state index in [-0.39, 0.29) is 11.7 Å². The maximum Gasteiger partial charge on any atom is 0.255 e. The van der Waals surface area contributed by atoms with Gasteiger partial charge in [-0.1, -0.05) is 22.9 Å². The van der Waals surface area contributed by atoms with Crippen LogP contribution in [0.3, 0.4) is 0 Å². The number of aromatic amines is 1. The van der Waals surface area contributed by atoms with E-state index in [1.807, 2.05) is 0 Å². The number of aromatic hydroxyl groups is 1. The lowest BCUT2D eigenvalue weighted by molar-refractivity contribution is 0.452. The van der Waals surface area contributed by atoms with Crippen LogP contribution < -0.4 is 5.56 Å². The summed E-state index contributed by atoms with van der Waals surface area (Å²) >= 11 is 6.83. The van der Waals surface area contributed by atoms with Gasteiger partial charge in [0.05, 0.1) is 12.3 Å². The van der Waals surface area contributed by atoms with Crippen LogP contribution in [0.4, 0.5) is 0 Å². The average Bonchev–Trinajstić information content (AvgIpc) is 2.50. The molecule has 0 aliphatic heterocycles. The van der Waals surface area contributed by atoms with Crippen molar-refractivity contribution in [2.75, 3.05) is 0 Å². The molecular formula is C7H4ClN3O2S. The Morgan fingerprint density at radius 2 is 2.36 bits per heavy atom. The van der Waals surface area contributed by atoms with Gasteiger partial charge in [0, 0.05) is 0 Å². The van der Waals surface area contributed by atoms with Gasteiger partial charge >= 0.3 is 0 Å². The summed E-state index contributed by atoms with van der Waals surface area (Å²) in [5.74, 6) is -0.123. The molecule has 0 aliphatic rings. The Morgan fingerprint density at radius 3 is 2.93 bits per heavy atom. The van der Waals surface area contributed by atoms with Gasteiger partial charge in [0.25, 0.3) is 5.56 Å². The predicted octanol–water partition coefficient (Wildman–Crippen LogP) is 1.25. The lowest BCUT2D eigenvalue weighted by Crippen LogP contribution is -2.06. The fourth-order valence-corrected chi connectivity index (χ4v) is 1.77. The van der Waals surface area contributed by atoms with Crippen LogP contribution >= 0.6 is 22.9 Å². The number of aromatic nitrogens is 3. The number of halogens is 1. The third-order valence-corrected chi connectivity index (χ3v) is 2.53. The maximum atomic E-state index is 11.0. The first-order valence-corrected chi connectivity index (χ1v) is 4.76. The highest BCUT2D eigenvalue weighted by Crippen LogP contribution is 2.25. The van der Waals surface area contributed by atoms with Crippen molar-refractivity contribution < 1.29 is 5.11 Å². The predicted molar refractivity (Wildman–Crippen MR) is 52.6 cm³/mol. The van der Waals surface area contributed by atoms with Gasteiger partial charge in [0.2, 0.25) is 5.88 Å². The van der Waals surface area contributed by atoms with Gasteiger partial charge in [0.1, 0.15) is 4.34 Å². The first-order valence-electron chi connectivity index (χ1n) is 3.57. The molecule has 0 atom stereocenters. The van der Waals surface area contributed by atoms with Crippen LogP contribution in [-0.2, 0) is 0 Å². The summed E-state index contributed by atoms with van der Waals surface area (Å²) in [6.45, 7) is 0. The Labute approximate surface area is 87.0 Å². The van der Waals surface area contributed by atoms with E-state index in [0.717, 1.165) is 6.07 Å². The van der Waals surface area contributed by atoms with Crippen LogP contribution in [-0.4, -0.2) is 20.1 Å². The standard InChI is InChI=1S/C7H4ClN3O2S/c8-3-2-9-7(14-3)6-10-4(12)1-5(13)11-6/h1-2H,(H2,10,11,12,13). The molecule has 2 heterocycles. The van der Waals surface area contributed by atoms with Crippen molar-refractivity contribution >= 4 is 22.9 Å². The fraction of sp³-hybridized carbons (Fsp3) is 0. The molecular weight excluding hydrogens is 226 g/mol. The van der Waals surface area contributed by atoms with Crippen LogP contribution in [0.1, 0.15) is 0 Å². The van der Waals surface area contributed by atoms with Crippen molar-refractivity contribution in [1.29, 1.82) is 0 Å². The summed E-state index contributed by atoms with van der Waals surface area (Å²) in [4.78, 5) is 21.0. The molecule has 0 saturated heterocycles. The van der Waals surface area contributed by atoms with Crippen molar-refractivity contribution in [3.05, 3.63) is 27.0 Å². The number of hydrogen-bond donors (Lipinski definition) is 2. The van der Waals surface area contributed by atoms with Gasteiger partial charge in [-0.25, -0.2) is 4.98 Å². The minimum Gasteiger partial charge on any atom is -0.493 e. The van der Waals surface area contributed by atoms with E-state index in [0.29, 0.717) is 9.34 Å². The van der Waals surface area contributed by atoms with Crippen LogP contribution in [0.15, 0.2) is 17.1 Å². The minimum atomic E-state index is -0.432. The molecule has 0 amide bonds. The monoisotopic (exact) mass is 229 g/mol. The molecule has 0 aliphatic carbocycles. The Hall–Kier alpha value is -1.40. The van der Waals surface area contributed by atoms with E-state index in [4.69, 9.17) is 16.7 Å². The Balaban J connectivity index is 2.56. The van der Waals surface area contributed by atoms with E-state index in [2.05, 4.69) is 15.0 Å². The lowest BCUT2D eigenvalue weighted by atomic mass is 10.5. The summed E-state index contributed by atoms with van der Waals surface area (Å²) in [5, 5.41) is 9.54. The maximum absolute atomic E-state index is 11.0. The summed E-state index contributed by atoms with van der Waals surface area (Å²) in [6.07, 6.45) is 1.45. The van der Waals surface area contributed by atoms with E-state index in [1.54, 1.807) is 0 Å². The zero-order valence-corrected chi connectivity index (χ0v) is 8.26. The molecule has 0 fully saturated rings. The number of nitrogens with one attached hydrogen (secondary N) is 1. The lowest BCUT2D eigenvalue weighted by Gasteiger charge is -1.94. The first kappa shape index (κ1) is 9.17. The van der Waals surface area contributed by atoms with Crippen LogP contribution in [0.2, 0.25) is 4.34 Å². The van der Waals surface area contributed by atoms with E-state index in [1.165, 1.54) is 17.5 Å². The number of nitrogens with zero attached hydrogens (tertiary/aromatic N) is 2. The van der Waals surface area contributed by atoms with Gasteiger partial charge in [-0.05, 0) is 0 Å². The molecule has 2 aromatic rings. The topological polar surface area (TPSA) is 78.9 Å². The molecule has 7 heteroatoms. The van der Waals surface area contributed by atoms with Gasteiger partial charge in [-0.15, -0.1) is 0 Å². The highest BCUT2D eigenvalue weighted by Gasteiger charge is 2.07. The molecule has 0 saturated carbocycles. The number of H-pyrrole nitrogens is 1. The largest absolute Gasteiger partial charge is 0.493 e. The Kier molecular flexibility index (Phi) is 2.22. The summed E-state index contributed by atoms with van der Waals surface area (Å²) in [7, 11) is 0. The average molecular weight is 230 g/mol. The Morgan fingerprint density at radius 1 is 1.57 bits per heavy atom. The highest BCUT2D eigenvalue weighted by atomic mass is 35.5. The molecule has 0 aromatic carbocycles. The van der Waals surface area contributed by atoms with Crippen LogP contribution in [0.25, 0.3) is 10.8 Å². The highest BCUT2D eigenvalue weighted by molar-refractivity contribution is 7.18. The number of thiazole rings is 1. The van der Waals surface area contributed by atoms with Crippen molar-refractivity contribution in [2.45, 2.75) is 0 Å². The normalized spacial score (nSPS) is 10.4. The molecule has 0 bridgehead atoms. The molecule has 2 aromatic heterocycles. The SMILES string of the molecule is O=c1cc(O)nc(-c2ncc(Cl)s2)[nH]1. The molecule has 14 heavy (non-hydrogen) atoms. The molecule has 2 rings (SSSR count). The van der Waals surface area contributed by atoms with Crippen molar-refractivity contribution in [3.8, 4) is 16.7 Å². The van der Waals surface area contributed by atoms with E-state index >= 15 is 0 Å². The minimum absolute atomic E-state index is 0.215. The molecule has 72 valence electrons. The number of rotatable bonds is 1. The van der Waals surface area contributed by atoms with Crippen LogP contribution in [0.5, 0.6) is 5.88 Å². The third kappa shape index (κ3) is 1.75. The zero-order chi connectivity index (χ0) is 10.1. The third-order valence-electron chi connectivity index (χ3n) is 1.41. The van der Waals surface area contributed by atoms with E-state index < -0.39 is 5.56 Å². The summed E-state index contributed by atoms with van der Waals surface area (Å²) in [6, 6.07) is 0.985. The molecule has 2 N–H and O–H groups in total. The van der Waals surface area contributed by atoms with Gasteiger partial charge in [-0.3, -0.25) is 4.79 Å². The quantitative estimate of drug-likeness (QED) is 0.772. The summed E-state index contributed by atoms with van der Waals surface area (Å²) < 4.78 is 0.492. The van der Waals surface area contributed by atoms with E-state index in [9.17, 15) is 4.79 Å². The second-order valence-corrected chi connectivity index (χ2v) is 4.08. The van der Waals surface area contributed by atoms with Crippen molar-refractivity contribution in [1.82, 2.24) is 15.0 Å². The van der Waals surface area contributed by atoms with Gasteiger partial charge in [-0.2, -0.15) is 4.98 Å². The fourth-order valence-electron chi connectivity index (χ4n) is 0.910. The van der Waals surface area contributed by atoms with Crippen LogP contribution in [0, 0.1) is 0 Å².